The smallest absolute Gasteiger partial charge is 0.249 e. The second kappa shape index (κ2) is 9.57. The molecule has 1 amide bonds. The number of hydrogen-bond donors (Lipinski definition) is 1. The van der Waals surface area contributed by atoms with Crippen LogP contribution in [0.15, 0.2) is 28.6 Å². The standard InChI is InChI=1S/C17H24N4O4S3/c1-11(2)10-26-17-20-19-16(27-17)18-15(22)12(3)21(28(5,23)24)13-7-6-8-14(9-13)25-4/h6-9,11-12H,10H2,1-5H3,(H,18,19,22). The lowest BCUT2D eigenvalue weighted by atomic mass is 10.2. The van der Waals surface area contributed by atoms with Crippen molar-refractivity contribution >= 4 is 49.8 Å². The predicted octanol–water partition coefficient (Wildman–Crippen LogP) is 3.09. The number of amides is 1. The Hall–Kier alpha value is -1.85. The maximum Gasteiger partial charge on any atom is 0.249 e. The Morgan fingerprint density at radius 2 is 2.04 bits per heavy atom. The van der Waals surface area contributed by atoms with E-state index in [1.165, 1.54) is 25.4 Å². The summed E-state index contributed by atoms with van der Waals surface area (Å²) in [6.07, 6.45) is 1.06. The highest BCUT2D eigenvalue weighted by Gasteiger charge is 2.30. The Labute approximate surface area is 173 Å². The van der Waals surface area contributed by atoms with Crippen molar-refractivity contribution < 1.29 is 17.9 Å². The van der Waals surface area contributed by atoms with Gasteiger partial charge in [0.25, 0.3) is 0 Å². The SMILES string of the molecule is COc1cccc(N(C(C)C(=O)Nc2nnc(SCC(C)C)s2)S(C)(=O)=O)c1. The molecule has 0 radical (unpaired) electrons. The number of rotatable bonds is 9. The lowest BCUT2D eigenvalue weighted by Crippen LogP contribution is -2.45. The third kappa shape index (κ3) is 6.08. The number of sulfonamides is 1. The van der Waals surface area contributed by atoms with E-state index in [9.17, 15) is 13.2 Å². The number of benzene rings is 1. The van der Waals surface area contributed by atoms with Gasteiger partial charge in [0.05, 0.1) is 19.1 Å². The molecule has 11 heteroatoms. The summed E-state index contributed by atoms with van der Waals surface area (Å²) in [7, 11) is -2.22. The van der Waals surface area contributed by atoms with Gasteiger partial charge in [-0.15, -0.1) is 10.2 Å². The van der Waals surface area contributed by atoms with Crippen molar-refractivity contribution in [3.8, 4) is 5.75 Å². The third-order valence-corrected chi connectivity index (χ3v) is 7.21. The summed E-state index contributed by atoms with van der Waals surface area (Å²) in [5.41, 5.74) is 0.343. The minimum Gasteiger partial charge on any atom is -0.497 e. The van der Waals surface area contributed by atoms with Crippen LogP contribution in [0.3, 0.4) is 0 Å². The van der Waals surface area contributed by atoms with E-state index in [1.807, 2.05) is 0 Å². The van der Waals surface area contributed by atoms with Crippen LogP contribution in [0.1, 0.15) is 20.8 Å². The molecule has 2 aromatic rings. The lowest BCUT2D eigenvalue weighted by Gasteiger charge is -2.28. The molecule has 28 heavy (non-hydrogen) atoms. The lowest BCUT2D eigenvalue weighted by molar-refractivity contribution is -0.116. The fourth-order valence-corrected chi connectivity index (χ4v) is 5.22. The number of anilines is 2. The van der Waals surface area contributed by atoms with E-state index >= 15 is 0 Å². The van der Waals surface area contributed by atoms with Crippen LogP contribution in [0.4, 0.5) is 10.8 Å². The zero-order valence-electron chi connectivity index (χ0n) is 16.4. The molecular weight excluding hydrogens is 420 g/mol. The van der Waals surface area contributed by atoms with Crippen molar-refractivity contribution in [2.24, 2.45) is 5.92 Å². The molecule has 0 aliphatic heterocycles. The molecule has 0 bridgehead atoms. The van der Waals surface area contributed by atoms with Crippen LogP contribution in [0, 0.1) is 5.92 Å². The molecule has 0 aliphatic rings. The van der Waals surface area contributed by atoms with Gasteiger partial charge in [0.1, 0.15) is 11.8 Å². The van der Waals surface area contributed by atoms with E-state index in [0.717, 1.165) is 20.7 Å². The van der Waals surface area contributed by atoms with Crippen LogP contribution in [0.2, 0.25) is 0 Å². The monoisotopic (exact) mass is 444 g/mol. The van der Waals surface area contributed by atoms with Gasteiger partial charge in [-0.2, -0.15) is 0 Å². The van der Waals surface area contributed by atoms with Gasteiger partial charge in [-0.1, -0.05) is 43.0 Å². The number of carbonyl (C=O) groups excluding carboxylic acids is 1. The fourth-order valence-electron chi connectivity index (χ4n) is 2.32. The molecule has 2 rings (SSSR count). The molecule has 154 valence electrons. The summed E-state index contributed by atoms with van der Waals surface area (Å²) in [6, 6.07) is 5.56. The van der Waals surface area contributed by atoms with Crippen molar-refractivity contribution in [1.82, 2.24) is 10.2 Å². The van der Waals surface area contributed by atoms with Crippen molar-refractivity contribution in [1.29, 1.82) is 0 Å². The van der Waals surface area contributed by atoms with Crippen LogP contribution >= 0.6 is 23.1 Å². The van der Waals surface area contributed by atoms with Gasteiger partial charge in [0.15, 0.2) is 4.34 Å². The Morgan fingerprint density at radius 3 is 2.64 bits per heavy atom. The van der Waals surface area contributed by atoms with Crippen LogP contribution in [0.25, 0.3) is 0 Å². The summed E-state index contributed by atoms with van der Waals surface area (Å²) in [5.74, 6) is 1.41. The Morgan fingerprint density at radius 1 is 1.32 bits per heavy atom. The average Bonchev–Trinajstić information content (AvgIpc) is 3.06. The van der Waals surface area contributed by atoms with E-state index in [2.05, 4.69) is 29.4 Å². The van der Waals surface area contributed by atoms with E-state index in [1.54, 1.807) is 36.0 Å². The van der Waals surface area contributed by atoms with Gasteiger partial charge in [0.2, 0.25) is 21.1 Å². The van der Waals surface area contributed by atoms with Crippen molar-refractivity contribution in [3.63, 3.8) is 0 Å². The number of nitrogens with one attached hydrogen (secondary N) is 1. The summed E-state index contributed by atoms with van der Waals surface area (Å²) in [4.78, 5) is 12.7. The Bertz CT molecular complexity index is 915. The minimum atomic E-state index is -3.71. The molecule has 0 fully saturated rings. The number of ether oxygens (including phenoxy) is 1. The maximum absolute atomic E-state index is 12.7. The topological polar surface area (TPSA) is 101 Å². The third-order valence-electron chi connectivity index (χ3n) is 3.57. The van der Waals surface area contributed by atoms with Gasteiger partial charge in [-0.05, 0) is 25.0 Å². The van der Waals surface area contributed by atoms with Crippen LogP contribution in [-0.4, -0.2) is 49.7 Å². The second-order valence-electron chi connectivity index (χ2n) is 6.50. The summed E-state index contributed by atoms with van der Waals surface area (Å²) in [6.45, 7) is 5.73. The Balaban J connectivity index is 2.18. The molecule has 1 unspecified atom stereocenters. The molecule has 1 heterocycles. The van der Waals surface area contributed by atoms with Gasteiger partial charge in [-0.3, -0.25) is 14.4 Å². The highest BCUT2D eigenvalue weighted by atomic mass is 32.2. The molecule has 1 aromatic carbocycles. The van der Waals surface area contributed by atoms with Crippen LogP contribution in [0.5, 0.6) is 5.75 Å². The quantitative estimate of drug-likeness (QED) is 0.468. The largest absolute Gasteiger partial charge is 0.497 e. The van der Waals surface area contributed by atoms with Gasteiger partial charge >= 0.3 is 0 Å². The Kier molecular flexibility index (Phi) is 7.67. The maximum atomic E-state index is 12.7. The number of aromatic nitrogens is 2. The molecule has 1 N–H and O–H groups in total. The number of nitrogens with zero attached hydrogens (tertiary/aromatic N) is 3. The number of carbonyl (C=O) groups is 1. The van der Waals surface area contributed by atoms with Crippen LogP contribution < -0.4 is 14.4 Å². The van der Waals surface area contributed by atoms with Gasteiger partial charge in [0, 0.05) is 11.8 Å². The molecule has 1 aromatic heterocycles. The first-order valence-electron chi connectivity index (χ1n) is 8.52. The second-order valence-corrected chi connectivity index (χ2v) is 10.6. The average molecular weight is 445 g/mol. The highest BCUT2D eigenvalue weighted by molar-refractivity contribution is 8.01. The summed E-state index contributed by atoms with van der Waals surface area (Å²) in [5, 5.41) is 11.0. The van der Waals surface area contributed by atoms with Crippen molar-refractivity contribution in [2.45, 2.75) is 31.2 Å². The molecule has 8 nitrogen and oxygen atoms in total. The molecule has 0 saturated heterocycles. The van der Waals surface area contributed by atoms with Crippen LogP contribution in [-0.2, 0) is 14.8 Å². The first-order valence-corrected chi connectivity index (χ1v) is 12.2. The minimum absolute atomic E-state index is 0.335. The fraction of sp³-hybridized carbons (Fsp3) is 0.471. The molecule has 0 saturated carbocycles. The number of methoxy groups -OCH3 is 1. The van der Waals surface area contributed by atoms with Gasteiger partial charge in [-0.25, -0.2) is 8.42 Å². The predicted molar refractivity (Wildman–Crippen MR) is 114 cm³/mol. The van der Waals surface area contributed by atoms with E-state index < -0.39 is 22.0 Å². The number of hydrogen-bond acceptors (Lipinski definition) is 8. The zero-order valence-corrected chi connectivity index (χ0v) is 18.8. The first-order chi connectivity index (χ1) is 13.1. The van der Waals surface area contributed by atoms with E-state index in [0.29, 0.717) is 22.5 Å². The molecular formula is C17H24N4O4S3. The molecule has 1 atom stereocenters. The van der Waals surface area contributed by atoms with E-state index in [4.69, 9.17) is 4.74 Å². The summed E-state index contributed by atoms with van der Waals surface area (Å²) < 4.78 is 31.7. The first kappa shape index (κ1) is 22.4. The molecule has 0 aliphatic carbocycles. The normalized spacial score (nSPS) is 12.6. The van der Waals surface area contributed by atoms with Crippen molar-refractivity contribution in [2.75, 3.05) is 28.7 Å². The number of thioether (sulfide) groups is 1. The zero-order chi connectivity index (χ0) is 20.9. The summed E-state index contributed by atoms with van der Waals surface area (Å²) >= 11 is 2.83. The van der Waals surface area contributed by atoms with Crippen molar-refractivity contribution in [3.05, 3.63) is 24.3 Å². The van der Waals surface area contributed by atoms with E-state index in [-0.39, 0.29) is 0 Å². The van der Waals surface area contributed by atoms with Gasteiger partial charge < -0.3 is 4.74 Å². The molecule has 0 spiro atoms. The highest BCUT2D eigenvalue weighted by Crippen LogP contribution is 2.28.